The van der Waals surface area contributed by atoms with Crippen LogP contribution in [-0.4, -0.2) is 22.4 Å². The van der Waals surface area contributed by atoms with E-state index in [1.165, 1.54) is 25.7 Å². The second-order valence-electron chi connectivity index (χ2n) is 6.55. The number of rotatable bonds is 2. The zero-order valence-corrected chi connectivity index (χ0v) is 11.3. The van der Waals surface area contributed by atoms with Crippen LogP contribution in [0.3, 0.4) is 0 Å². The Morgan fingerprint density at radius 2 is 1.18 bits per heavy atom. The summed E-state index contributed by atoms with van der Waals surface area (Å²) in [7, 11) is 0. The molecule has 0 spiro atoms. The van der Waals surface area contributed by atoms with Gasteiger partial charge in [0.1, 0.15) is 0 Å². The largest absolute Gasteiger partial charge is 0.393 e. The second kappa shape index (κ2) is 5.71. The molecule has 0 saturated heterocycles. The molecule has 0 heterocycles. The number of hydrogen-bond acceptors (Lipinski definition) is 2. The third-order valence-corrected chi connectivity index (χ3v) is 5.21. The van der Waals surface area contributed by atoms with Crippen LogP contribution < -0.4 is 0 Å². The molecule has 2 rings (SSSR count). The van der Waals surface area contributed by atoms with Gasteiger partial charge in [-0.25, -0.2) is 0 Å². The van der Waals surface area contributed by atoms with E-state index in [1.807, 2.05) is 0 Å². The van der Waals surface area contributed by atoms with E-state index in [1.54, 1.807) is 0 Å². The van der Waals surface area contributed by atoms with Crippen molar-refractivity contribution in [2.45, 2.75) is 71.0 Å². The van der Waals surface area contributed by atoms with Gasteiger partial charge in [0.25, 0.3) is 0 Å². The van der Waals surface area contributed by atoms with Crippen LogP contribution in [0.1, 0.15) is 58.8 Å². The summed E-state index contributed by atoms with van der Waals surface area (Å²) in [5, 5.41) is 20.5. The minimum absolute atomic E-state index is 0.131. The first-order chi connectivity index (χ1) is 8.09. The quantitative estimate of drug-likeness (QED) is 0.779. The van der Waals surface area contributed by atoms with Crippen molar-refractivity contribution in [1.29, 1.82) is 0 Å². The first kappa shape index (κ1) is 13.4. The van der Waals surface area contributed by atoms with Gasteiger partial charge in [0.2, 0.25) is 0 Å². The zero-order valence-electron chi connectivity index (χ0n) is 11.3. The first-order valence-corrected chi connectivity index (χ1v) is 7.45. The van der Waals surface area contributed by atoms with Gasteiger partial charge in [-0.05, 0) is 55.8 Å². The molecule has 2 heteroatoms. The van der Waals surface area contributed by atoms with Crippen LogP contribution >= 0.6 is 0 Å². The van der Waals surface area contributed by atoms with E-state index >= 15 is 0 Å². The Morgan fingerprint density at radius 1 is 0.765 bits per heavy atom. The SMILES string of the molecule is CC1CCCC(CC2CCCC(C)C2O)C1O. The lowest BCUT2D eigenvalue weighted by molar-refractivity contribution is -0.0253. The molecule has 0 aliphatic heterocycles. The van der Waals surface area contributed by atoms with E-state index < -0.39 is 0 Å². The van der Waals surface area contributed by atoms with Crippen molar-refractivity contribution >= 4 is 0 Å². The predicted octanol–water partition coefficient (Wildman–Crippen LogP) is 2.97. The summed E-state index contributed by atoms with van der Waals surface area (Å²) in [5.74, 6) is 1.77. The van der Waals surface area contributed by atoms with Gasteiger partial charge in [-0.15, -0.1) is 0 Å². The first-order valence-electron chi connectivity index (χ1n) is 7.45. The standard InChI is InChI=1S/C15H28O2/c1-10-5-3-7-12(14(10)16)9-13-8-4-6-11(2)15(13)17/h10-17H,3-9H2,1-2H3. The highest BCUT2D eigenvalue weighted by atomic mass is 16.3. The number of hydrogen-bond donors (Lipinski definition) is 2. The van der Waals surface area contributed by atoms with Gasteiger partial charge in [-0.3, -0.25) is 0 Å². The van der Waals surface area contributed by atoms with Crippen molar-refractivity contribution in [2.75, 3.05) is 0 Å². The Morgan fingerprint density at radius 3 is 1.59 bits per heavy atom. The maximum atomic E-state index is 10.2. The van der Waals surface area contributed by atoms with Gasteiger partial charge in [0, 0.05) is 0 Å². The second-order valence-corrected chi connectivity index (χ2v) is 6.55. The van der Waals surface area contributed by atoms with Gasteiger partial charge < -0.3 is 10.2 Å². The maximum Gasteiger partial charge on any atom is 0.0594 e. The van der Waals surface area contributed by atoms with Crippen molar-refractivity contribution in [3.8, 4) is 0 Å². The van der Waals surface area contributed by atoms with Gasteiger partial charge in [-0.2, -0.15) is 0 Å². The lowest BCUT2D eigenvalue weighted by Gasteiger charge is -2.39. The molecule has 6 unspecified atom stereocenters. The summed E-state index contributed by atoms with van der Waals surface area (Å²) in [4.78, 5) is 0. The third-order valence-electron chi connectivity index (χ3n) is 5.21. The molecular weight excluding hydrogens is 212 g/mol. The summed E-state index contributed by atoms with van der Waals surface area (Å²) < 4.78 is 0. The van der Waals surface area contributed by atoms with E-state index in [9.17, 15) is 10.2 Å². The molecule has 6 atom stereocenters. The van der Waals surface area contributed by atoms with Crippen LogP contribution in [0.5, 0.6) is 0 Å². The lowest BCUT2D eigenvalue weighted by Crippen LogP contribution is -2.38. The van der Waals surface area contributed by atoms with Crippen LogP contribution in [0, 0.1) is 23.7 Å². The van der Waals surface area contributed by atoms with Gasteiger partial charge >= 0.3 is 0 Å². The lowest BCUT2D eigenvalue weighted by atomic mass is 9.70. The Kier molecular flexibility index (Phi) is 4.48. The molecule has 2 saturated carbocycles. The normalized spacial score (nSPS) is 48.0. The molecule has 0 amide bonds. The highest BCUT2D eigenvalue weighted by Gasteiger charge is 2.35. The van der Waals surface area contributed by atoms with E-state index in [0.717, 1.165) is 19.3 Å². The van der Waals surface area contributed by atoms with Crippen LogP contribution in [0.4, 0.5) is 0 Å². The van der Waals surface area contributed by atoms with E-state index in [2.05, 4.69) is 13.8 Å². The Hall–Kier alpha value is -0.0800. The molecule has 0 aromatic heterocycles. The average molecular weight is 240 g/mol. The molecule has 0 bridgehead atoms. The fourth-order valence-electron chi connectivity index (χ4n) is 3.92. The molecule has 0 radical (unpaired) electrons. The molecule has 17 heavy (non-hydrogen) atoms. The molecule has 100 valence electrons. The van der Waals surface area contributed by atoms with E-state index in [-0.39, 0.29) is 12.2 Å². The summed E-state index contributed by atoms with van der Waals surface area (Å²) in [6.45, 7) is 4.33. The molecule has 2 nitrogen and oxygen atoms in total. The van der Waals surface area contributed by atoms with Gasteiger partial charge in [-0.1, -0.05) is 26.7 Å². The molecule has 2 fully saturated rings. The molecule has 0 aromatic rings. The average Bonchev–Trinajstić information content (AvgIpc) is 2.31. The van der Waals surface area contributed by atoms with Crippen molar-refractivity contribution in [3.05, 3.63) is 0 Å². The summed E-state index contributed by atoms with van der Waals surface area (Å²) >= 11 is 0. The zero-order chi connectivity index (χ0) is 12.4. The molecule has 2 aliphatic rings. The van der Waals surface area contributed by atoms with Gasteiger partial charge in [0.05, 0.1) is 12.2 Å². The van der Waals surface area contributed by atoms with Crippen LogP contribution in [0.2, 0.25) is 0 Å². The third kappa shape index (κ3) is 3.03. The monoisotopic (exact) mass is 240 g/mol. The fraction of sp³-hybridized carbons (Fsp3) is 1.00. The minimum atomic E-state index is -0.131. The van der Waals surface area contributed by atoms with Crippen molar-refractivity contribution in [3.63, 3.8) is 0 Å². The Labute approximate surface area is 105 Å². The van der Waals surface area contributed by atoms with E-state index in [4.69, 9.17) is 0 Å². The summed E-state index contributed by atoms with van der Waals surface area (Å²) in [5.41, 5.74) is 0. The molecule has 0 aromatic carbocycles. The number of aliphatic hydroxyl groups excluding tert-OH is 2. The van der Waals surface area contributed by atoms with Crippen LogP contribution in [0.25, 0.3) is 0 Å². The fourth-order valence-corrected chi connectivity index (χ4v) is 3.92. The topological polar surface area (TPSA) is 40.5 Å². The smallest absolute Gasteiger partial charge is 0.0594 e. The highest BCUT2D eigenvalue weighted by molar-refractivity contribution is 4.86. The Balaban J connectivity index is 1.90. The van der Waals surface area contributed by atoms with Crippen molar-refractivity contribution in [2.24, 2.45) is 23.7 Å². The van der Waals surface area contributed by atoms with E-state index in [0.29, 0.717) is 23.7 Å². The summed E-state index contributed by atoms with van der Waals surface area (Å²) in [6, 6.07) is 0. The molecule has 2 N–H and O–H groups in total. The highest BCUT2D eigenvalue weighted by Crippen LogP contribution is 2.38. The molecule has 2 aliphatic carbocycles. The number of aliphatic hydroxyl groups is 2. The van der Waals surface area contributed by atoms with Gasteiger partial charge in [0.15, 0.2) is 0 Å². The van der Waals surface area contributed by atoms with Crippen LogP contribution in [-0.2, 0) is 0 Å². The Bertz CT molecular complexity index is 217. The predicted molar refractivity (Wildman–Crippen MR) is 69.6 cm³/mol. The van der Waals surface area contributed by atoms with Crippen molar-refractivity contribution in [1.82, 2.24) is 0 Å². The molecular formula is C15H28O2. The summed E-state index contributed by atoms with van der Waals surface area (Å²) in [6.07, 6.45) is 7.93. The van der Waals surface area contributed by atoms with Crippen molar-refractivity contribution < 1.29 is 10.2 Å². The minimum Gasteiger partial charge on any atom is -0.393 e. The maximum absolute atomic E-state index is 10.2. The van der Waals surface area contributed by atoms with Crippen LogP contribution in [0.15, 0.2) is 0 Å².